The predicted molar refractivity (Wildman–Crippen MR) is 97.2 cm³/mol. The van der Waals surface area contributed by atoms with Gasteiger partial charge >= 0.3 is 6.03 Å². The number of amides is 2. The van der Waals surface area contributed by atoms with Gasteiger partial charge in [0.2, 0.25) is 0 Å². The molecule has 1 aromatic carbocycles. The van der Waals surface area contributed by atoms with E-state index in [-0.39, 0.29) is 16.8 Å². The summed E-state index contributed by atoms with van der Waals surface area (Å²) in [5.41, 5.74) is 1.51. The van der Waals surface area contributed by atoms with Crippen molar-refractivity contribution in [3.05, 3.63) is 45.8 Å². The van der Waals surface area contributed by atoms with Crippen molar-refractivity contribution in [1.29, 1.82) is 0 Å². The van der Waals surface area contributed by atoms with Gasteiger partial charge in [-0.2, -0.15) is 0 Å². The monoisotopic (exact) mass is 387 g/mol. The second kappa shape index (κ2) is 7.52. The molecule has 2 aromatic rings. The fourth-order valence-corrected chi connectivity index (χ4v) is 4.43. The molecule has 0 saturated carbocycles. The van der Waals surface area contributed by atoms with Crippen molar-refractivity contribution in [3.63, 3.8) is 0 Å². The smallest absolute Gasteiger partial charge is 0.319 e. The molecule has 0 aliphatic carbocycles. The van der Waals surface area contributed by atoms with E-state index >= 15 is 0 Å². The maximum absolute atomic E-state index is 12.0. The average Bonchev–Trinajstić information content (AvgIpc) is 2.98. The second-order valence-electron chi connectivity index (χ2n) is 5.28. The van der Waals surface area contributed by atoms with Gasteiger partial charge in [-0.15, -0.1) is 11.3 Å². The normalized spacial score (nSPS) is 11.5. The summed E-state index contributed by atoms with van der Waals surface area (Å²) >= 11 is 7.14. The molecule has 0 bridgehead atoms. The zero-order valence-corrected chi connectivity index (χ0v) is 15.8. The van der Waals surface area contributed by atoms with Gasteiger partial charge in [0, 0.05) is 29.7 Å². The summed E-state index contributed by atoms with van der Waals surface area (Å²) in [6.45, 7) is 2.11. The number of carbonyl (C=O) groups excluding carboxylic acids is 1. The number of rotatable bonds is 5. The Labute approximate surface area is 150 Å². The fraction of sp³-hybridized carbons (Fsp3) is 0.267. The predicted octanol–water partition coefficient (Wildman–Crippen LogP) is 3.28. The lowest BCUT2D eigenvalue weighted by molar-refractivity contribution is 0.252. The molecule has 0 radical (unpaired) electrons. The van der Waals surface area contributed by atoms with Gasteiger partial charge in [0.1, 0.15) is 4.21 Å². The molecular formula is C15H18ClN3O3S2. The third kappa shape index (κ3) is 4.47. The van der Waals surface area contributed by atoms with Gasteiger partial charge < -0.3 is 10.6 Å². The van der Waals surface area contributed by atoms with Crippen molar-refractivity contribution in [2.75, 3.05) is 19.4 Å². The molecule has 24 heavy (non-hydrogen) atoms. The second-order valence-corrected chi connectivity index (χ2v) is 9.23. The number of halogens is 1. The van der Waals surface area contributed by atoms with Crippen LogP contribution in [0.25, 0.3) is 0 Å². The lowest BCUT2D eigenvalue weighted by Gasteiger charge is -2.09. The molecule has 1 aromatic heterocycles. The first-order valence-electron chi connectivity index (χ1n) is 7.02. The van der Waals surface area contributed by atoms with E-state index in [0.29, 0.717) is 10.7 Å². The molecule has 0 aliphatic rings. The largest absolute Gasteiger partial charge is 0.333 e. The number of urea groups is 1. The summed E-state index contributed by atoms with van der Waals surface area (Å²) in [6, 6.07) is 8.08. The highest BCUT2D eigenvalue weighted by Gasteiger charge is 2.19. The molecular weight excluding hydrogens is 370 g/mol. The molecule has 6 nitrogen and oxygen atoms in total. The maximum Gasteiger partial charge on any atom is 0.319 e. The summed E-state index contributed by atoms with van der Waals surface area (Å²) < 4.78 is 25.4. The highest BCUT2D eigenvalue weighted by atomic mass is 35.5. The van der Waals surface area contributed by atoms with E-state index in [9.17, 15) is 13.2 Å². The van der Waals surface area contributed by atoms with Gasteiger partial charge in [-0.1, -0.05) is 17.7 Å². The minimum Gasteiger partial charge on any atom is -0.333 e. The van der Waals surface area contributed by atoms with Crippen LogP contribution in [-0.4, -0.2) is 32.8 Å². The minimum absolute atomic E-state index is 0.235. The number of thiophene rings is 1. The van der Waals surface area contributed by atoms with Crippen LogP contribution in [0.2, 0.25) is 5.02 Å². The van der Waals surface area contributed by atoms with Crippen LogP contribution in [0.15, 0.2) is 34.5 Å². The first-order chi connectivity index (χ1) is 11.2. The Morgan fingerprint density at radius 1 is 1.25 bits per heavy atom. The molecule has 0 fully saturated rings. The quantitative estimate of drug-likeness (QED) is 0.826. The van der Waals surface area contributed by atoms with Gasteiger partial charge in [-0.25, -0.2) is 17.5 Å². The van der Waals surface area contributed by atoms with E-state index in [2.05, 4.69) is 10.6 Å². The van der Waals surface area contributed by atoms with E-state index in [4.69, 9.17) is 11.6 Å². The zero-order chi connectivity index (χ0) is 17.9. The van der Waals surface area contributed by atoms with E-state index in [1.165, 1.54) is 20.2 Å². The van der Waals surface area contributed by atoms with Crippen LogP contribution in [-0.2, 0) is 16.6 Å². The molecule has 0 saturated heterocycles. The molecule has 0 spiro atoms. The van der Waals surface area contributed by atoms with Crippen LogP contribution in [0.1, 0.15) is 10.4 Å². The standard InChI is InChI=1S/C15H18ClN3O3S2/c1-10-4-5-11(8-13(10)16)18-15(20)17-9-12-6-7-14(23-12)24(21,22)19(2)3/h4-8H,9H2,1-3H3,(H2,17,18,20). The molecule has 0 atom stereocenters. The summed E-state index contributed by atoms with van der Waals surface area (Å²) in [4.78, 5) is 12.6. The molecule has 2 amide bonds. The number of anilines is 1. The zero-order valence-electron chi connectivity index (χ0n) is 13.5. The number of hydrogen-bond donors (Lipinski definition) is 2. The van der Waals surface area contributed by atoms with Gasteiger partial charge in [-0.3, -0.25) is 0 Å². The Hall–Kier alpha value is -1.61. The summed E-state index contributed by atoms with van der Waals surface area (Å²) in [5, 5.41) is 5.94. The lowest BCUT2D eigenvalue weighted by atomic mass is 10.2. The SMILES string of the molecule is Cc1ccc(NC(=O)NCc2ccc(S(=O)(=O)N(C)C)s2)cc1Cl. The third-order valence-electron chi connectivity index (χ3n) is 3.22. The molecule has 0 aliphatic heterocycles. The molecule has 0 unspecified atom stereocenters. The van der Waals surface area contributed by atoms with Crippen molar-refractivity contribution in [1.82, 2.24) is 9.62 Å². The Morgan fingerprint density at radius 2 is 1.96 bits per heavy atom. The van der Waals surface area contributed by atoms with Gasteiger partial charge in [0.15, 0.2) is 0 Å². The number of sulfonamides is 1. The Bertz CT molecular complexity index is 847. The number of aryl methyl sites for hydroxylation is 1. The summed E-state index contributed by atoms with van der Waals surface area (Å²) in [7, 11) is -0.485. The Morgan fingerprint density at radius 3 is 2.58 bits per heavy atom. The average molecular weight is 388 g/mol. The van der Waals surface area contributed by atoms with Gasteiger partial charge in [0.25, 0.3) is 10.0 Å². The van der Waals surface area contributed by atoms with Crippen LogP contribution < -0.4 is 10.6 Å². The molecule has 9 heteroatoms. The summed E-state index contributed by atoms with van der Waals surface area (Å²) in [6.07, 6.45) is 0. The first-order valence-corrected chi connectivity index (χ1v) is 9.66. The number of carbonyl (C=O) groups is 1. The maximum atomic E-state index is 12.0. The van der Waals surface area contributed by atoms with E-state index < -0.39 is 10.0 Å². The van der Waals surface area contributed by atoms with Crippen molar-refractivity contribution in [2.45, 2.75) is 17.7 Å². The number of nitrogens with one attached hydrogen (secondary N) is 2. The highest BCUT2D eigenvalue weighted by molar-refractivity contribution is 7.91. The minimum atomic E-state index is -3.44. The van der Waals surface area contributed by atoms with Crippen LogP contribution in [0.5, 0.6) is 0 Å². The number of benzene rings is 1. The van der Waals surface area contributed by atoms with E-state index in [1.807, 2.05) is 13.0 Å². The highest BCUT2D eigenvalue weighted by Crippen LogP contribution is 2.24. The topological polar surface area (TPSA) is 78.5 Å². The van der Waals surface area contributed by atoms with Crippen LogP contribution in [0, 0.1) is 6.92 Å². The van der Waals surface area contributed by atoms with Crippen LogP contribution in [0.3, 0.4) is 0 Å². The van der Waals surface area contributed by atoms with Crippen molar-refractivity contribution >= 4 is 44.7 Å². The Balaban J connectivity index is 1.95. The first kappa shape index (κ1) is 18.7. The molecule has 2 N–H and O–H groups in total. The Kier molecular flexibility index (Phi) is 5.87. The van der Waals surface area contributed by atoms with Gasteiger partial charge in [0.05, 0.1) is 6.54 Å². The van der Waals surface area contributed by atoms with Gasteiger partial charge in [-0.05, 0) is 36.8 Å². The summed E-state index contributed by atoms with van der Waals surface area (Å²) in [5.74, 6) is 0. The van der Waals surface area contributed by atoms with E-state index in [1.54, 1.807) is 18.2 Å². The van der Waals surface area contributed by atoms with Crippen molar-refractivity contribution < 1.29 is 13.2 Å². The van der Waals surface area contributed by atoms with E-state index in [0.717, 1.165) is 26.1 Å². The number of nitrogens with zero attached hydrogens (tertiary/aromatic N) is 1. The van der Waals surface area contributed by atoms with Crippen molar-refractivity contribution in [3.8, 4) is 0 Å². The molecule has 130 valence electrons. The van der Waals surface area contributed by atoms with Crippen LogP contribution in [0.4, 0.5) is 10.5 Å². The molecule has 1 heterocycles. The molecule has 2 rings (SSSR count). The fourth-order valence-electron chi connectivity index (χ4n) is 1.79. The van der Waals surface area contributed by atoms with Crippen LogP contribution >= 0.6 is 22.9 Å². The number of hydrogen-bond acceptors (Lipinski definition) is 4. The third-order valence-corrected chi connectivity index (χ3v) is 7.00. The lowest BCUT2D eigenvalue weighted by Crippen LogP contribution is -2.27. The van der Waals surface area contributed by atoms with Crippen molar-refractivity contribution in [2.24, 2.45) is 0 Å².